The molecule has 0 atom stereocenters. The number of hydrogen-bond acceptors (Lipinski definition) is 3. The van der Waals surface area contributed by atoms with Gasteiger partial charge in [0.15, 0.2) is 0 Å². The van der Waals surface area contributed by atoms with E-state index in [0.29, 0.717) is 5.82 Å². The number of likely N-dealkylation sites (N-methyl/N-ethyl adjacent to an activating group) is 1. The van der Waals surface area contributed by atoms with Crippen molar-refractivity contribution in [2.75, 3.05) is 19.3 Å². The summed E-state index contributed by atoms with van der Waals surface area (Å²) in [6.45, 7) is 2.99. The molecule has 11 heavy (non-hydrogen) atoms. The maximum Gasteiger partial charge on any atom is 0.145 e. The van der Waals surface area contributed by atoms with Gasteiger partial charge in [-0.3, -0.25) is 9.58 Å². The Morgan fingerprint density at radius 1 is 1.55 bits per heavy atom. The number of hydrogen-bond donors (Lipinski definition) is 1. The van der Waals surface area contributed by atoms with Crippen molar-refractivity contribution in [2.24, 2.45) is 0 Å². The Balaban J connectivity index is 2.34. The number of nitrogens with two attached hydrogens (primary N) is 1. The van der Waals surface area contributed by atoms with Crippen LogP contribution in [-0.4, -0.2) is 28.3 Å². The fraction of sp³-hybridized carbons (Fsp3) is 0.571. The fourth-order valence-corrected chi connectivity index (χ4v) is 1.42. The zero-order valence-corrected chi connectivity index (χ0v) is 6.62. The first-order valence-corrected chi connectivity index (χ1v) is 3.76. The quantitative estimate of drug-likeness (QED) is 0.565. The van der Waals surface area contributed by atoms with Gasteiger partial charge in [-0.15, -0.1) is 0 Å². The molecule has 1 aromatic rings. The zero-order valence-electron chi connectivity index (χ0n) is 6.62. The van der Waals surface area contributed by atoms with Crippen molar-refractivity contribution >= 4 is 5.82 Å². The average Bonchev–Trinajstić information content (AvgIpc) is 2.27. The third-order valence-corrected chi connectivity index (χ3v) is 2.01. The minimum atomic E-state index is 0.635. The highest BCUT2D eigenvalue weighted by molar-refractivity contribution is 5.29. The molecule has 0 aromatic carbocycles. The van der Waals surface area contributed by atoms with Gasteiger partial charge in [-0.05, 0) is 7.05 Å². The third-order valence-electron chi connectivity index (χ3n) is 2.01. The highest BCUT2D eigenvalue weighted by Gasteiger charge is 2.13. The van der Waals surface area contributed by atoms with Crippen molar-refractivity contribution in [3.63, 3.8) is 0 Å². The predicted octanol–water partition coefficient (Wildman–Crippen LogP) is -0.0893. The van der Waals surface area contributed by atoms with E-state index in [1.807, 2.05) is 10.7 Å². The van der Waals surface area contributed by atoms with E-state index < -0.39 is 0 Å². The first kappa shape index (κ1) is 6.67. The van der Waals surface area contributed by atoms with Gasteiger partial charge in [0.2, 0.25) is 0 Å². The smallest absolute Gasteiger partial charge is 0.145 e. The van der Waals surface area contributed by atoms with Crippen molar-refractivity contribution in [1.29, 1.82) is 0 Å². The average molecular weight is 152 g/mol. The molecular weight excluding hydrogens is 140 g/mol. The Morgan fingerprint density at radius 2 is 2.36 bits per heavy atom. The van der Waals surface area contributed by atoms with Crippen LogP contribution >= 0.6 is 0 Å². The molecule has 2 rings (SSSR count). The Labute approximate surface area is 65.6 Å². The topological polar surface area (TPSA) is 47.1 Å². The molecule has 2 N–H and O–H groups in total. The molecule has 1 aliphatic heterocycles. The second kappa shape index (κ2) is 2.23. The normalized spacial score (nSPS) is 18.3. The van der Waals surface area contributed by atoms with Crippen LogP contribution in [0.25, 0.3) is 0 Å². The maximum atomic E-state index is 5.55. The molecule has 0 unspecified atom stereocenters. The molecule has 60 valence electrons. The summed E-state index contributed by atoms with van der Waals surface area (Å²) >= 11 is 0. The largest absolute Gasteiger partial charge is 0.382 e. The summed E-state index contributed by atoms with van der Waals surface area (Å²) in [4.78, 5) is 2.26. The highest BCUT2D eigenvalue weighted by Crippen LogP contribution is 2.12. The van der Waals surface area contributed by atoms with Gasteiger partial charge in [0.05, 0.1) is 12.2 Å². The molecular formula is C7H12N4. The molecule has 2 heterocycles. The number of rotatable bonds is 0. The van der Waals surface area contributed by atoms with Crippen LogP contribution in [-0.2, 0) is 13.1 Å². The lowest BCUT2D eigenvalue weighted by Gasteiger charge is -2.22. The zero-order chi connectivity index (χ0) is 7.84. The van der Waals surface area contributed by atoms with E-state index in [4.69, 9.17) is 5.73 Å². The maximum absolute atomic E-state index is 5.55. The van der Waals surface area contributed by atoms with Crippen LogP contribution in [0.4, 0.5) is 5.82 Å². The SMILES string of the molecule is CN1CCn2nc(N)cc2C1. The van der Waals surface area contributed by atoms with Crippen LogP contribution in [0, 0.1) is 0 Å². The minimum absolute atomic E-state index is 0.635. The molecule has 0 saturated heterocycles. The number of nitrogens with zero attached hydrogens (tertiary/aromatic N) is 3. The molecule has 0 bridgehead atoms. The Bertz CT molecular complexity index is 265. The molecule has 0 aliphatic carbocycles. The first-order chi connectivity index (χ1) is 5.25. The van der Waals surface area contributed by atoms with Crippen molar-refractivity contribution in [2.45, 2.75) is 13.1 Å². The van der Waals surface area contributed by atoms with Gasteiger partial charge < -0.3 is 5.73 Å². The van der Waals surface area contributed by atoms with Gasteiger partial charge in [-0.1, -0.05) is 0 Å². The van der Waals surface area contributed by atoms with Gasteiger partial charge >= 0.3 is 0 Å². The van der Waals surface area contributed by atoms with Gasteiger partial charge in [0.1, 0.15) is 5.82 Å². The molecule has 4 nitrogen and oxygen atoms in total. The first-order valence-electron chi connectivity index (χ1n) is 3.76. The van der Waals surface area contributed by atoms with E-state index in [9.17, 15) is 0 Å². The predicted molar refractivity (Wildman–Crippen MR) is 43.0 cm³/mol. The molecule has 0 saturated carbocycles. The van der Waals surface area contributed by atoms with Crippen LogP contribution in [0.15, 0.2) is 6.07 Å². The standard InChI is InChI=1S/C7H12N4/c1-10-2-3-11-6(5-10)4-7(8)9-11/h4H,2-3,5H2,1H3,(H2,8,9). The summed E-state index contributed by atoms with van der Waals surface area (Å²) in [5.74, 6) is 0.635. The van der Waals surface area contributed by atoms with Gasteiger partial charge in [-0.25, -0.2) is 0 Å². The number of fused-ring (bicyclic) bond motifs is 1. The summed E-state index contributed by atoms with van der Waals surface area (Å²) in [6.07, 6.45) is 0. The molecule has 4 heteroatoms. The van der Waals surface area contributed by atoms with E-state index in [1.54, 1.807) is 0 Å². The second-order valence-corrected chi connectivity index (χ2v) is 3.02. The van der Waals surface area contributed by atoms with Crippen molar-refractivity contribution in [1.82, 2.24) is 14.7 Å². The second-order valence-electron chi connectivity index (χ2n) is 3.02. The molecule has 0 radical (unpaired) electrons. The Hall–Kier alpha value is -1.03. The third kappa shape index (κ3) is 1.09. The summed E-state index contributed by atoms with van der Waals surface area (Å²) < 4.78 is 1.98. The number of aromatic nitrogens is 2. The summed E-state index contributed by atoms with van der Waals surface area (Å²) in [5.41, 5.74) is 6.77. The Kier molecular flexibility index (Phi) is 1.35. The van der Waals surface area contributed by atoms with Gasteiger partial charge in [-0.2, -0.15) is 5.10 Å². The van der Waals surface area contributed by atoms with Crippen molar-refractivity contribution < 1.29 is 0 Å². The lowest BCUT2D eigenvalue weighted by Crippen LogP contribution is -2.30. The van der Waals surface area contributed by atoms with Crippen molar-refractivity contribution in [3.05, 3.63) is 11.8 Å². The summed E-state index contributed by atoms with van der Waals surface area (Å²) in [6, 6.07) is 1.94. The summed E-state index contributed by atoms with van der Waals surface area (Å²) in [7, 11) is 2.10. The number of nitrogen functional groups attached to an aromatic ring is 1. The Morgan fingerprint density at radius 3 is 3.18 bits per heavy atom. The minimum Gasteiger partial charge on any atom is -0.382 e. The van der Waals surface area contributed by atoms with E-state index in [-0.39, 0.29) is 0 Å². The highest BCUT2D eigenvalue weighted by atomic mass is 15.3. The molecule has 0 spiro atoms. The van der Waals surface area contributed by atoms with Crippen LogP contribution in [0.1, 0.15) is 5.69 Å². The van der Waals surface area contributed by atoms with Crippen LogP contribution in [0.2, 0.25) is 0 Å². The lowest BCUT2D eigenvalue weighted by molar-refractivity contribution is 0.259. The van der Waals surface area contributed by atoms with E-state index in [2.05, 4.69) is 17.0 Å². The lowest BCUT2D eigenvalue weighted by atomic mass is 10.3. The van der Waals surface area contributed by atoms with E-state index >= 15 is 0 Å². The molecule has 1 aromatic heterocycles. The van der Waals surface area contributed by atoms with E-state index in [0.717, 1.165) is 19.6 Å². The molecule has 0 amide bonds. The monoisotopic (exact) mass is 152 g/mol. The molecule has 1 aliphatic rings. The molecule has 0 fully saturated rings. The van der Waals surface area contributed by atoms with Crippen LogP contribution in [0.5, 0.6) is 0 Å². The van der Waals surface area contributed by atoms with Crippen molar-refractivity contribution in [3.8, 4) is 0 Å². The van der Waals surface area contributed by atoms with Crippen LogP contribution in [0.3, 0.4) is 0 Å². The summed E-state index contributed by atoms with van der Waals surface area (Å²) in [5, 5.41) is 4.15. The van der Waals surface area contributed by atoms with E-state index in [1.165, 1.54) is 5.69 Å². The number of anilines is 1. The van der Waals surface area contributed by atoms with Gasteiger partial charge in [0, 0.05) is 19.2 Å². The van der Waals surface area contributed by atoms with Gasteiger partial charge in [0.25, 0.3) is 0 Å². The fourth-order valence-electron chi connectivity index (χ4n) is 1.42. The van der Waals surface area contributed by atoms with Crippen LogP contribution < -0.4 is 5.73 Å².